The summed E-state index contributed by atoms with van der Waals surface area (Å²) in [7, 11) is 2.07. The summed E-state index contributed by atoms with van der Waals surface area (Å²) in [6.07, 6.45) is 3.52. The van der Waals surface area contributed by atoms with Gasteiger partial charge in [0.15, 0.2) is 0 Å². The quantitative estimate of drug-likeness (QED) is 0.568. The van der Waals surface area contributed by atoms with Crippen LogP contribution < -0.4 is 0 Å². The van der Waals surface area contributed by atoms with Crippen LogP contribution in [0, 0.1) is 11.6 Å². The van der Waals surface area contributed by atoms with Crippen LogP contribution in [0.3, 0.4) is 0 Å². The van der Waals surface area contributed by atoms with Crippen molar-refractivity contribution >= 4 is 12.2 Å². The standard InChI is InChI=1S/C9H12N2S/c1-6-10-9(12)7-4-3-5-8(7)11(6)2/h3-5H2,1-2H3. The molecule has 2 rings (SSSR count). The first-order valence-electron chi connectivity index (χ1n) is 4.25. The molecule has 1 aromatic rings. The third-order valence-electron chi connectivity index (χ3n) is 2.60. The van der Waals surface area contributed by atoms with E-state index in [4.69, 9.17) is 12.2 Å². The molecule has 1 aliphatic rings. The van der Waals surface area contributed by atoms with Gasteiger partial charge in [-0.3, -0.25) is 0 Å². The molecule has 0 radical (unpaired) electrons. The summed E-state index contributed by atoms with van der Waals surface area (Å²) in [6.45, 7) is 2.01. The van der Waals surface area contributed by atoms with E-state index in [1.807, 2.05) is 6.92 Å². The van der Waals surface area contributed by atoms with Crippen molar-refractivity contribution in [1.29, 1.82) is 0 Å². The second-order valence-corrected chi connectivity index (χ2v) is 3.69. The normalized spacial score (nSPS) is 14.8. The molecule has 1 aromatic heterocycles. The minimum absolute atomic E-state index is 0.818. The SMILES string of the molecule is Cc1nc(=S)c2c(n1C)CCC2. The van der Waals surface area contributed by atoms with Crippen molar-refractivity contribution in [3.63, 3.8) is 0 Å². The third kappa shape index (κ3) is 1.00. The Balaban J connectivity index is 2.78. The Morgan fingerprint density at radius 2 is 2.17 bits per heavy atom. The summed E-state index contributed by atoms with van der Waals surface area (Å²) in [6, 6.07) is 0. The number of aryl methyl sites for hydroxylation is 1. The zero-order valence-corrected chi connectivity index (χ0v) is 8.24. The second-order valence-electron chi connectivity index (χ2n) is 3.30. The van der Waals surface area contributed by atoms with Gasteiger partial charge in [0.05, 0.1) is 0 Å². The van der Waals surface area contributed by atoms with Gasteiger partial charge in [-0.05, 0) is 26.2 Å². The molecule has 1 heterocycles. The third-order valence-corrected chi connectivity index (χ3v) is 2.94. The lowest BCUT2D eigenvalue weighted by atomic mass is 10.2. The van der Waals surface area contributed by atoms with E-state index in [2.05, 4.69) is 16.6 Å². The van der Waals surface area contributed by atoms with Gasteiger partial charge in [-0.1, -0.05) is 12.2 Å². The van der Waals surface area contributed by atoms with Crippen molar-refractivity contribution in [2.45, 2.75) is 26.2 Å². The van der Waals surface area contributed by atoms with Gasteiger partial charge in [-0.2, -0.15) is 0 Å². The van der Waals surface area contributed by atoms with E-state index in [1.165, 1.54) is 24.1 Å². The molecule has 0 saturated heterocycles. The van der Waals surface area contributed by atoms with Gasteiger partial charge < -0.3 is 4.57 Å². The Morgan fingerprint density at radius 3 is 2.92 bits per heavy atom. The van der Waals surface area contributed by atoms with Crippen LogP contribution in [0.2, 0.25) is 0 Å². The predicted octanol–water partition coefficient (Wildman–Crippen LogP) is 1.95. The van der Waals surface area contributed by atoms with Gasteiger partial charge in [0.1, 0.15) is 10.5 Å². The topological polar surface area (TPSA) is 17.8 Å². The van der Waals surface area contributed by atoms with Crippen LogP contribution in [-0.4, -0.2) is 9.55 Å². The molecule has 1 aliphatic carbocycles. The van der Waals surface area contributed by atoms with E-state index in [0.717, 1.165) is 16.9 Å². The fourth-order valence-electron chi connectivity index (χ4n) is 1.81. The molecule has 0 atom stereocenters. The largest absolute Gasteiger partial charge is 0.336 e. The summed E-state index contributed by atoms with van der Waals surface area (Å²) < 4.78 is 2.98. The molecule has 0 unspecified atom stereocenters. The summed E-state index contributed by atoms with van der Waals surface area (Å²) in [5, 5.41) is 0. The highest BCUT2D eigenvalue weighted by Gasteiger charge is 2.15. The van der Waals surface area contributed by atoms with Crippen LogP contribution in [0.25, 0.3) is 0 Å². The minimum atomic E-state index is 0.818. The highest BCUT2D eigenvalue weighted by atomic mass is 32.1. The monoisotopic (exact) mass is 180 g/mol. The Bertz CT molecular complexity index is 379. The minimum Gasteiger partial charge on any atom is -0.336 e. The number of hydrogen-bond donors (Lipinski definition) is 0. The molecule has 0 spiro atoms. The molecule has 0 aliphatic heterocycles. The molecule has 0 N–H and O–H groups in total. The average Bonchev–Trinajstić information content (AvgIpc) is 2.48. The predicted molar refractivity (Wildman–Crippen MR) is 50.8 cm³/mol. The van der Waals surface area contributed by atoms with Crippen molar-refractivity contribution in [1.82, 2.24) is 9.55 Å². The van der Waals surface area contributed by atoms with Gasteiger partial charge >= 0.3 is 0 Å². The van der Waals surface area contributed by atoms with E-state index < -0.39 is 0 Å². The fraction of sp³-hybridized carbons (Fsp3) is 0.556. The number of nitrogens with zero attached hydrogens (tertiary/aromatic N) is 2. The number of hydrogen-bond acceptors (Lipinski definition) is 2. The van der Waals surface area contributed by atoms with Crippen LogP contribution in [0.15, 0.2) is 0 Å². The average molecular weight is 180 g/mol. The number of fused-ring (bicyclic) bond motifs is 1. The second kappa shape index (κ2) is 2.66. The summed E-state index contributed by atoms with van der Waals surface area (Å²) in [4.78, 5) is 4.32. The first kappa shape index (κ1) is 7.92. The molecule has 0 saturated carbocycles. The van der Waals surface area contributed by atoms with Crippen molar-refractivity contribution in [2.24, 2.45) is 7.05 Å². The van der Waals surface area contributed by atoms with E-state index >= 15 is 0 Å². The molecule has 12 heavy (non-hydrogen) atoms. The van der Waals surface area contributed by atoms with E-state index in [9.17, 15) is 0 Å². The van der Waals surface area contributed by atoms with Gasteiger partial charge in [0, 0.05) is 18.3 Å². The van der Waals surface area contributed by atoms with E-state index in [-0.39, 0.29) is 0 Å². The fourth-order valence-corrected chi connectivity index (χ4v) is 2.17. The van der Waals surface area contributed by atoms with Gasteiger partial charge in [0.25, 0.3) is 0 Å². The molecule has 0 bridgehead atoms. The Hall–Kier alpha value is -0.700. The molecule has 64 valence electrons. The lowest BCUT2D eigenvalue weighted by Gasteiger charge is -2.09. The van der Waals surface area contributed by atoms with E-state index in [0.29, 0.717) is 0 Å². The first-order chi connectivity index (χ1) is 5.70. The van der Waals surface area contributed by atoms with Crippen LogP contribution in [-0.2, 0) is 19.9 Å². The first-order valence-corrected chi connectivity index (χ1v) is 4.66. The maximum Gasteiger partial charge on any atom is 0.133 e. The molecular weight excluding hydrogens is 168 g/mol. The van der Waals surface area contributed by atoms with E-state index in [1.54, 1.807) is 0 Å². The van der Waals surface area contributed by atoms with Crippen molar-refractivity contribution < 1.29 is 0 Å². The molecule has 3 heteroatoms. The molecule has 0 amide bonds. The maximum atomic E-state index is 5.20. The molecule has 0 aromatic carbocycles. The molecule has 0 fully saturated rings. The maximum absolute atomic E-state index is 5.20. The summed E-state index contributed by atoms with van der Waals surface area (Å²) >= 11 is 5.20. The van der Waals surface area contributed by atoms with Gasteiger partial charge in [-0.25, -0.2) is 4.98 Å². The highest BCUT2D eigenvalue weighted by molar-refractivity contribution is 7.71. The lowest BCUT2D eigenvalue weighted by molar-refractivity contribution is 0.745. The van der Waals surface area contributed by atoms with Crippen molar-refractivity contribution in [2.75, 3.05) is 0 Å². The highest BCUT2D eigenvalue weighted by Crippen LogP contribution is 2.21. The van der Waals surface area contributed by atoms with Crippen LogP contribution in [0.5, 0.6) is 0 Å². The van der Waals surface area contributed by atoms with Crippen LogP contribution >= 0.6 is 12.2 Å². The van der Waals surface area contributed by atoms with Gasteiger partial charge in [-0.15, -0.1) is 0 Å². The smallest absolute Gasteiger partial charge is 0.133 e. The zero-order chi connectivity index (χ0) is 8.72. The number of aromatic nitrogens is 2. The van der Waals surface area contributed by atoms with Gasteiger partial charge in [0.2, 0.25) is 0 Å². The van der Waals surface area contributed by atoms with Crippen LogP contribution in [0.1, 0.15) is 23.5 Å². The Morgan fingerprint density at radius 1 is 1.42 bits per heavy atom. The summed E-state index contributed by atoms with van der Waals surface area (Å²) in [5.74, 6) is 1.03. The summed E-state index contributed by atoms with van der Waals surface area (Å²) in [5.41, 5.74) is 2.70. The Labute approximate surface area is 77.3 Å². The van der Waals surface area contributed by atoms with Crippen molar-refractivity contribution in [3.05, 3.63) is 21.7 Å². The van der Waals surface area contributed by atoms with Crippen LogP contribution in [0.4, 0.5) is 0 Å². The van der Waals surface area contributed by atoms with Crippen molar-refractivity contribution in [3.8, 4) is 0 Å². The molecule has 2 nitrogen and oxygen atoms in total. The lowest BCUT2D eigenvalue weighted by Crippen LogP contribution is -2.07. The zero-order valence-electron chi connectivity index (χ0n) is 7.42. The molecular formula is C9H12N2S. The Kier molecular flexibility index (Phi) is 1.76. The number of rotatable bonds is 0.